The molecule has 2 aliphatic heterocycles. The van der Waals surface area contributed by atoms with Gasteiger partial charge in [-0.15, -0.1) is 0 Å². The number of hydrogen-bond acceptors (Lipinski definition) is 5. The number of nitrogens with zero attached hydrogens (tertiary/aromatic N) is 2. The molecule has 2 aromatic rings. The van der Waals surface area contributed by atoms with Gasteiger partial charge in [-0.1, -0.05) is 12.1 Å². The number of benzene rings is 2. The monoisotopic (exact) mass is 420 g/mol. The number of piperidine rings is 1. The number of ether oxygens (including phenoxy) is 1. The molecule has 2 aliphatic rings. The molecule has 1 atom stereocenters. The molecule has 160 valence electrons. The molecule has 0 saturated carbocycles. The number of anilines is 2. The van der Waals surface area contributed by atoms with Crippen LogP contribution in [0.3, 0.4) is 0 Å². The van der Waals surface area contributed by atoms with Crippen LogP contribution in [0.15, 0.2) is 42.5 Å². The molecule has 2 fully saturated rings. The first-order chi connectivity index (χ1) is 14.8. The second-order valence-corrected chi connectivity index (χ2v) is 8.09. The molecule has 31 heavy (non-hydrogen) atoms. The van der Waals surface area contributed by atoms with E-state index in [9.17, 15) is 19.2 Å². The van der Waals surface area contributed by atoms with Crippen molar-refractivity contribution in [2.45, 2.75) is 39.5 Å². The average molecular weight is 420 g/mol. The van der Waals surface area contributed by atoms with E-state index in [-0.39, 0.29) is 30.7 Å². The number of aryl methyl sites for hydroxylation is 2. The normalized spacial score (nSPS) is 19.2. The molecule has 4 rings (SSSR count). The number of hydrogen-bond donors (Lipinski definition) is 0. The van der Waals surface area contributed by atoms with Gasteiger partial charge in [-0.2, -0.15) is 0 Å². The molecule has 7 heteroatoms. The minimum Gasteiger partial charge on any atom is -0.426 e. The quantitative estimate of drug-likeness (QED) is 0.431. The Morgan fingerprint density at radius 1 is 0.968 bits per heavy atom. The first kappa shape index (κ1) is 20.8. The first-order valence-corrected chi connectivity index (χ1v) is 10.4. The van der Waals surface area contributed by atoms with E-state index in [0.717, 1.165) is 11.3 Å². The second kappa shape index (κ2) is 8.34. The number of carbonyl (C=O) groups is 4. The third-order valence-corrected chi connectivity index (χ3v) is 5.68. The van der Waals surface area contributed by atoms with Gasteiger partial charge in [0, 0.05) is 31.5 Å². The van der Waals surface area contributed by atoms with E-state index in [2.05, 4.69) is 0 Å². The summed E-state index contributed by atoms with van der Waals surface area (Å²) in [6.07, 6.45) is 1.35. The Morgan fingerprint density at radius 2 is 1.71 bits per heavy atom. The molecule has 2 aromatic carbocycles. The molecule has 0 aliphatic carbocycles. The van der Waals surface area contributed by atoms with Gasteiger partial charge < -0.3 is 9.64 Å². The van der Waals surface area contributed by atoms with Crippen LogP contribution in [0.5, 0.6) is 5.75 Å². The third-order valence-electron chi connectivity index (χ3n) is 5.68. The number of esters is 1. The zero-order valence-corrected chi connectivity index (χ0v) is 17.6. The lowest BCUT2D eigenvalue weighted by molar-refractivity contribution is -0.139. The van der Waals surface area contributed by atoms with Gasteiger partial charge in [0.15, 0.2) is 0 Å². The minimum atomic E-state index is -0.557. The first-order valence-electron chi connectivity index (χ1n) is 10.4. The molecule has 3 amide bonds. The van der Waals surface area contributed by atoms with Crippen molar-refractivity contribution >= 4 is 35.1 Å². The Hall–Kier alpha value is -3.48. The van der Waals surface area contributed by atoms with E-state index < -0.39 is 11.9 Å². The Morgan fingerprint density at radius 3 is 2.39 bits per heavy atom. The molecule has 7 nitrogen and oxygen atoms in total. The minimum absolute atomic E-state index is 0.0978. The van der Waals surface area contributed by atoms with Crippen LogP contribution >= 0.6 is 0 Å². The molecule has 0 radical (unpaired) electrons. The van der Waals surface area contributed by atoms with Gasteiger partial charge in [-0.3, -0.25) is 24.1 Å². The Balaban J connectivity index is 1.45. The fourth-order valence-corrected chi connectivity index (χ4v) is 4.07. The Bertz CT molecular complexity index is 1060. The fourth-order valence-electron chi connectivity index (χ4n) is 4.07. The van der Waals surface area contributed by atoms with E-state index in [0.29, 0.717) is 36.3 Å². The SMILES string of the molecule is Cc1cccc(N2C[C@@H](C(=O)Oc3ccc(N4C(=O)CCCC4=O)c(C)c3)CC2=O)c1. The summed E-state index contributed by atoms with van der Waals surface area (Å²) in [7, 11) is 0. The lowest BCUT2D eigenvalue weighted by Gasteiger charge is -2.26. The average Bonchev–Trinajstić information content (AvgIpc) is 3.11. The van der Waals surface area contributed by atoms with Gasteiger partial charge >= 0.3 is 5.97 Å². The summed E-state index contributed by atoms with van der Waals surface area (Å²) < 4.78 is 5.53. The van der Waals surface area contributed by atoms with Gasteiger partial charge in [-0.25, -0.2) is 0 Å². The lowest BCUT2D eigenvalue weighted by atomic mass is 10.1. The van der Waals surface area contributed by atoms with Crippen molar-refractivity contribution in [1.29, 1.82) is 0 Å². The van der Waals surface area contributed by atoms with Gasteiger partial charge in [0.2, 0.25) is 17.7 Å². The van der Waals surface area contributed by atoms with Crippen LogP contribution in [0, 0.1) is 19.8 Å². The maximum absolute atomic E-state index is 12.7. The highest BCUT2D eigenvalue weighted by atomic mass is 16.5. The van der Waals surface area contributed by atoms with Crippen LogP contribution in [0.25, 0.3) is 0 Å². The largest absolute Gasteiger partial charge is 0.426 e. The Labute approximate surface area is 180 Å². The van der Waals surface area contributed by atoms with Crippen LogP contribution in [0.2, 0.25) is 0 Å². The van der Waals surface area contributed by atoms with Crippen molar-refractivity contribution in [1.82, 2.24) is 0 Å². The molecular formula is C24H24N2O5. The van der Waals surface area contributed by atoms with Crippen LogP contribution < -0.4 is 14.5 Å². The molecular weight excluding hydrogens is 396 g/mol. The van der Waals surface area contributed by atoms with Crippen LogP contribution in [0.4, 0.5) is 11.4 Å². The topological polar surface area (TPSA) is 84.0 Å². The summed E-state index contributed by atoms with van der Waals surface area (Å²) in [4.78, 5) is 52.3. The summed E-state index contributed by atoms with van der Waals surface area (Å²) in [5.74, 6) is -1.25. The summed E-state index contributed by atoms with van der Waals surface area (Å²) in [5.41, 5.74) is 2.99. The smallest absolute Gasteiger partial charge is 0.316 e. The summed E-state index contributed by atoms with van der Waals surface area (Å²) >= 11 is 0. The molecule has 0 bridgehead atoms. The van der Waals surface area contributed by atoms with Crippen LogP contribution in [0.1, 0.15) is 36.8 Å². The van der Waals surface area contributed by atoms with Gasteiger partial charge in [0.1, 0.15) is 5.75 Å². The molecule has 0 unspecified atom stereocenters. The van der Waals surface area contributed by atoms with E-state index in [4.69, 9.17) is 4.74 Å². The van der Waals surface area contributed by atoms with Gasteiger partial charge in [-0.05, 0) is 61.7 Å². The summed E-state index contributed by atoms with van der Waals surface area (Å²) in [5, 5.41) is 0. The maximum Gasteiger partial charge on any atom is 0.316 e. The molecule has 2 saturated heterocycles. The number of amides is 3. The molecule has 2 heterocycles. The molecule has 0 aromatic heterocycles. The van der Waals surface area contributed by atoms with E-state index in [1.165, 1.54) is 4.90 Å². The molecule has 0 spiro atoms. The van der Waals surface area contributed by atoms with Crippen molar-refractivity contribution in [2.24, 2.45) is 5.92 Å². The second-order valence-electron chi connectivity index (χ2n) is 8.09. The molecule has 0 N–H and O–H groups in total. The standard InChI is InChI=1S/C24H24N2O5/c1-15-5-3-6-18(11-15)25-14-17(13-23(25)29)24(30)31-19-9-10-20(16(2)12-19)26-21(27)7-4-8-22(26)28/h3,5-6,9-12,17H,4,7-8,13-14H2,1-2H3/t17-/m0/s1. The van der Waals surface area contributed by atoms with Gasteiger partial charge in [0.25, 0.3) is 0 Å². The zero-order chi connectivity index (χ0) is 22.1. The number of rotatable bonds is 4. The number of imide groups is 1. The van der Waals surface area contributed by atoms with E-state index in [1.54, 1.807) is 30.0 Å². The van der Waals surface area contributed by atoms with Crippen molar-refractivity contribution in [3.05, 3.63) is 53.6 Å². The van der Waals surface area contributed by atoms with Gasteiger partial charge in [0.05, 0.1) is 11.6 Å². The van der Waals surface area contributed by atoms with E-state index >= 15 is 0 Å². The maximum atomic E-state index is 12.7. The highest BCUT2D eigenvalue weighted by molar-refractivity contribution is 6.16. The van der Waals surface area contributed by atoms with Crippen LogP contribution in [-0.4, -0.2) is 30.2 Å². The number of carbonyl (C=O) groups excluding carboxylic acids is 4. The van der Waals surface area contributed by atoms with Crippen molar-refractivity contribution in [3.8, 4) is 5.75 Å². The van der Waals surface area contributed by atoms with Crippen molar-refractivity contribution < 1.29 is 23.9 Å². The lowest BCUT2D eigenvalue weighted by Crippen LogP contribution is -2.40. The van der Waals surface area contributed by atoms with Crippen molar-refractivity contribution in [3.63, 3.8) is 0 Å². The summed E-state index contributed by atoms with van der Waals surface area (Å²) in [6, 6.07) is 12.4. The third kappa shape index (κ3) is 4.21. The van der Waals surface area contributed by atoms with Crippen molar-refractivity contribution in [2.75, 3.05) is 16.3 Å². The summed E-state index contributed by atoms with van der Waals surface area (Å²) in [6.45, 7) is 3.99. The predicted octanol–water partition coefficient (Wildman–Crippen LogP) is 3.31. The predicted molar refractivity (Wildman–Crippen MR) is 115 cm³/mol. The van der Waals surface area contributed by atoms with E-state index in [1.807, 2.05) is 31.2 Å². The van der Waals surface area contributed by atoms with Crippen LogP contribution in [-0.2, 0) is 19.2 Å². The zero-order valence-electron chi connectivity index (χ0n) is 17.6. The fraction of sp³-hybridized carbons (Fsp3) is 0.333. The highest BCUT2D eigenvalue weighted by Gasteiger charge is 2.36. The highest BCUT2D eigenvalue weighted by Crippen LogP contribution is 2.30. The Kier molecular flexibility index (Phi) is 5.59.